The molecule has 3 aromatic rings. The number of nitrogens with zero attached hydrogens (tertiary/aromatic N) is 1. The molecule has 1 atom stereocenters. The number of primary amides is 1. The van der Waals surface area contributed by atoms with Crippen LogP contribution in [-0.2, 0) is 23.9 Å². The van der Waals surface area contributed by atoms with Crippen LogP contribution in [0.25, 0.3) is 0 Å². The van der Waals surface area contributed by atoms with Crippen molar-refractivity contribution in [3.63, 3.8) is 0 Å². The summed E-state index contributed by atoms with van der Waals surface area (Å²) < 4.78 is 45.9. The van der Waals surface area contributed by atoms with E-state index in [1.807, 2.05) is 42.5 Å². The highest BCUT2D eigenvalue weighted by Crippen LogP contribution is 2.36. The number of ether oxygens (including phenoxy) is 1. The number of rotatable bonds is 12. The Bertz CT molecular complexity index is 1140. The van der Waals surface area contributed by atoms with Crippen LogP contribution in [0.1, 0.15) is 41.5 Å². The van der Waals surface area contributed by atoms with Crippen molar-refractivity contribution >= 4 is 17.5 Å². The van der Waals surface area contributed by atoms with Gasteiger partial charge in [-0.1, -0.05) is 73.1 Å². The van der Waals surface area contributed by atoms with Crippen molar-refractivity contribution in [2.24, 2.45) is 5.73 Å². The van der Waals surface area contributed by atoms with E-state index in [9.17, 15) is 18.0 Å². The molecule has 2 N–H and O–H groups in total. The van der Waals surface area contributed by atoms with Gasteiger partial charge in [0.1, 0.15) is 5.75 Å². The summed E-state index contributed by atoms with van der Waals surface area (Å²) in [6.45, 7) is 4.03. The van der Waals surface area contributed by atoms with E-state index in [0.29, 0.717) is 37.4 Å². The van der Waals surface area contributed by atoms with Crippen molar-refractivity contribution in [3.8, 4) is 5.75 Å². The Morgan fingerprint density at radius 2 is 1.78 bits per heavy atom. The van der Waals surface area contributed by atoms with Gasteiger partial charge in [-0.05, 0) is 47.2 Å². The van der Waals surface area contributed by atoms with Gasteiger partial charge in [-0.15, -0.1) is 0 Å². The van der Waals surface area contributed by atoms with Crippen LogP contribution in [0.15, 0.2) is 72.8 Å². The minimum absolute atomic E-state index is 0.139. The lowest BCUT2D eigenvalue weighted by Gasteiger charge is -2.27. The Labute approximate surface area is 214 Å². The van der Waals surface area contributed by atoms with Crippen LogP contribution in [0.2, 0.25) is 5.02 Å². The van der Waals surface area contributed by atoms with Crippen molar-refractivity contribution in [1.82, 2.24) is 4.90 Å². The summed E-state index contributed by atoms with van der Waals surface area (Å²) in [5, 5.41) is -0.259. The van der Waals surface area contributed by atoms with Crippen molar-refractivity contribution < 1.29 is 22.7 Å². The smallest absolute Gasteiger partial charge is 0.417 e. The molecule has 0 bridgehead atoms. The van der Waals surface area contributed by atoms with Gasteiger partial charge >= 0.3 is 6.18 Å². The second-order valence-corrected chi connectivity index (χ2v) is 9.19. The summed E-state index contributed by atoms with van der Waals surface area (Å²) >= 11 is 6.18. The molecule has 3 aromatic carbocycles. The molecule has 0 fully saturated rings. The molecular formula is C28H30ClF3N2O2. The average Bonchev–Trinajstić information content (AvgIpc) is 2.82. The lowest BCUT2D eigenvalue weighted by molar-refractivity contribution is -0.137. The van der Waals surface area contributed by atoms with E-state index < -0.39 is 17.6 Å². The normalized spacial score (nSPS) is 12.5. The predicted molar refractivity (Wildman–Crippen MR) is 136 cm³/mol. The molecule has 0 spiro atoms. The standard InChI is InChI=1S/C28H30ClF3N2O2/c1-20(22-9-3-2-4-10-22)18-34(19-23-11-6-13-25(27(23)29)28(30,31)32)14-7-15-36-24-12-5-8-21(16-24)17-26(33)35/h2-6,8-13,16,20H,7,14-15,17-19H2,1H3,(H2,33,35). The molecule has 3 rings (SSSR count). The fourth-order valence-electron chi connectivity index (χ4n) is 4.10. The quantitative estimate of drug-likeness (QED) is 0.280. The summed E-state index contributed by atoms with van der Waals surface area (Å²) in [6, 6.07) is 21.2. The minimum Gasteiger partial charge on any atom is -0.494 e. The fraction of sp³-hybridized carbons (Fsp3) is 0.321. The van der Waals surface area contributed by atoms with E-state index in [4.69, 9.17) is 22.1 Å². The summed E-state index contributed by atoms with van der Waals surface area (Å²) in [7, 11) is 0. The van der Waals surface area contributed by atoms with E-state index in [1.165, 1.54) is 6.07 Å². The van der Waals surface area contributed by atoms with E-state index in [1.54, 1.807) is 18.2 Å². The van der Waals surface area contributed by atoms with Crippen molar-refractivity contribution in [1.29, 1.82) is 0 Å². The van der Waals surface area contributed by atoms with E-state index in [0.717, 1.165) is 17.2 Å². The molecule has 4 nitrogen and oxygen atoms in total. The zero-order valence-electron chi connectivity index (χ0n) is 20.1. The Morgan fingerprint density at radius 3 is 2.47 bits per heavy atom. The molecule has 0 aliphatic carbocycles. The molecule has 192 valence electrons. The van der Waals surface area contributed by atoms with Crippen molar-refractivity contribution in [2.75, 3.05) is 19.7 Å². The van der Waals surface area contributed by atoms with E-state index >= 15 is 0 Å². The Morgan fingerprint density at radius 1 is 1.06 bits per heavy atom. The third-order valence-corrected chi connectivity index (χ3v) is 6.29. The van der Waals surface area contributed by atoms with Gasteiger partial charge in [0, 0.05) is 19.6 Å². The van der Waals surface area contributed by atoms with E-state index in [2.05, 4.69) is 11.8 Å². The van der Waals surface area contributed by atoms with Gasteiger partial charge in [-0.2, -0.15) is 13.2 Å². The maximum atomic E-state index is 13.4. The molecule has 8 heteroatoms. The molecule has 1 amide bonds. The largest absolute Gasteiger partial charge is 0.494 e. The van der Waals surface area contributed by atoms with Crippen molar-refractivity contribution in [2.45, 2.75) is 38.4 Å². The Balaban J connectivity index is 1.68. The van der Waals surface area contributed by atoms with Crippen LogP contribution in [0.5, 0.6) is 5.75 Å². The second kappa shape index (κ2) is 12.8. The van der Waals surface area contributed by atoms with Gasteiger partial charge in [0.25, 0.3) is 0 Å². The summed E-state index contributed by atoms with van der Waals surface area (Å²) in [6.07, 6.45) is -3.72. The molecule has 36 heavy (non-hydrogen) atoms. The Hall–Kier alpha value is -3.03. The lowest BCUT2D eigenvalue weighted by Crippen LogP contribution is -2.30. The molecule has 0 radical (unpaired) electrons. The van der Waals surface area contributed by atoms with Crippen LogP contribution < -0.4 is 10.5 Å². The highest BCUT2D eigenvalue weighted by atomic mass is 35.5. The first kappa shape index (κ1) is 27.6. The maximum Gasteiger partial charge on any atom is 0.417 e. The number of hydrogen-bond donors (Lipinski definition) is 1. The van der Waals surface area contributed by atoms with Gasteiger partial charge in [0.15, 0.2) is 0 Å². The van der Waals surface area contributed by atoms with Crippen LogP contribution in [0.4, 0.5) is 13.2 Å². The number of nitrogens with two attached hydrogens (primary N) is 1. The third kappa shape index (κ3) is 8.28. The average molecular weight is 519 g/mol. The minimum atomic E-state index is -4.51. The molecule has 0 heterocycles. The summed E-state index contributed by atoms with van der Waals surface area (Å²) in [5.41, 5.74) is 6.80. The number of halogens is 4. The lowest BCUT2D eigenvalue weighted by atomic mass is 10.00. The number of amides is 1. The monoisotopic (exact) mass is 518 g/mol. The molecule has 0 saturated heterocycles. The zero-order valence-corrected chi connectivity index (χ0v) is 20.9. The molecular weight excluding hydrogens is 489 g/mol. The first-order valence-corrected chi connectivity index (χ1v) is 12.1. The maximum absolute atomic E-state index is 13.4. The molecule has 1 unspecified atom stereocenters. The van der Waals surface area contributed by atoms with Gasteiger partial charge in [0.05, 0.1) is 23.6 Å². The van der Waals surface area contributed by atoms with Crippen LogP contribution in [-0.4, -0.2) is 30.5 Å². The summed E-state index contributed by atoms with van der Waals surface area (Å²) in [4.78, 5) is 13.3. The van der Waals surface area contributed by atoms with Gasteiger partial charge in [0.2, 0.25) is 5.91 Å². The highest BCUT2D eigenvalue weighted by Gasteiger charge is 2.34. The van der Waals surface area contributed by atoms with Crippen LogP contribution in [0.3, 0.4) is 0 Å². The first-order chi connectivity index (χ1) is 17.1. The molecule has 0 aromatic heterocycles. The fourth-order valence-corrected chi connectivity index (χ4v) is 4.39. The predicted octanol–water partition coefficient (Wildman–Crippen LogP) is 6.46. The highest BCUT2D eigenvalue weighted by molar-refractivity contribution is 6.32. The molecule has 0 aliphatic heterocycles. The van der Waals surface area contributed by atoms with Crippen LogP contribution in [0, 0.1) is 0 Å². The SMILES string of the molecule is CC(CN(CCCOc1cccc(CC(N)=O)c1)Cc1cccc(C(F)(F)F)c1Cl)c1ccccc1. The van der Waals surface area contributed by atoms with Gasteiger partial charge in [-0.3, -0.25) is 9.69 Å². The van der Waals surface area contributed by atoms with Gasteiger partial charge < -0.3 is 10.5 Å². The Kier molecular flexibility index (Phi) is 9.79. The van der Waals surface area contributed by atoms with Crippen molar-refractivity contribution in [3.05, 3.63) is 100 Å². The number of hydrogen-bond acceptors (Lipinski definition) is 3. The number of carbonyl (C=O) groups is 1. The number of benzene rings is 3. The summed E-state index contributed by atoms with van der Waals surface area (Å²) in [5.74, 6) is 0.393. The topological polar surface area (TPSA) is 55.6 Å². The second-order valence-electron chi connectivity index (χ2n) is 8.82. The third-order valence-electron chi connectivity index (χ3n) is 5.84. The zero-order chi connectivity index (χ0) is 26.1. The van der Waals surface area contributed by atoms with Crippen LogP contribution >= 0.6 is 11.6 Å². The molecule has 0 saturated carbocycles. The number of carbonyl (C=O) groups excluding carboxylic acids is 1. The van der Waals surface area contributed by atoms with E-state index in [-0.39, 0.29) is 23.9 Å². The number of alkyl halides is 3. The first-order valence-electron chi connectivity index (χ1n) is 11.8. The van der Waals surface area contributed by atoms with Gasteiger partial charge in [-0.25, -0.2) is 0 Å². The molecule has 0 aliphatic rings.